The highest BCUT2D eigenvalue weighted by atomic mass is 32.2. The Morgan fingerprint density at radius 1 is 1.31 bits per heavy atom. The van der Waals surface area contributed by atoms with E-state index < -0.39 is 21.3 Å². The van der Waals surface area contributed by atoms with E-state index in [2.05, 4.69) is 16.5 Å². The first-order chi connectivity index (χ1) is 12.1. The molecule has 0 radical (unpaired) electrons. The van der Waals surface area contributed by atoms with E-state index in [4.69, 9.17) is 0 Å². The molecule has 0 saturated carbocycles. The molecule has 0 bridgehead atoms. The fourth-order valence-electron chi connectivity index (χ4n) is 3.36. The van der Waals surface area contributed by atoms with E-state index in [1.54, 1.807) is 14.0 Å². The van der Waals surface area contributed by atoms with E-state index in [1.807, 2.05) is 0 Å². The zero-order valence-corrected chi connectivity index (χ0v) is 16.0. The molecule has 1 unspecified atom stereocenters. The topological polar surface area (TPSA) is 110 Å². The summed E-state index contributed by atoms with van der Waals surface area (Å²) in [6, 6.07) is 0. The number of aryl methyl sites for hydroxylation is 1. The molecule has 1 atom stereocenters. The van der Waals surface area contributed by atoms with E-state index >= 15 is 0 Å². The number of nitrogens with zero attached hydrogens (tertiary/aromatic N) is 4. The van der Waals surface area contributed by atoms with Crippen LogP contribution in [-0.4, -0.2) is 50.7 Å². The van der Waals surface area contributed by atoms with Gasteiger partial charge in [-0.15, -0.1) is 0 Å². The molecule has 2 aromatic rings. The molecular weight excluding hydrogens is 358 g/mol. The van der Waals surface area contributed by atoms with Gasteiger partial charge in [-0.3, -0.25) is 13.9 Å². The Labute approximate surface area is 151 Å². The molecular formula is C16H23N5O4S. The minimum absolute atomic E-state index is 0.0745. The highest BCUT2D eigenvalue weighted by Gasteiger charge is 2.31. The van der Waals surface area contributed by atoms with Crippen LogP contribution < -0.4 is 11.2 Å². The van der Waals surface area contributed by atoms with Gasteiger partial charge < -0.3 is 4.98 Å². The van der Waals surface area contributed by atoms with Gasteiger partial charge in [0.05, 0.1) is 5.75 Å². The van der Waals surface area contributed by atoms with Crippen LogP contribution in [0.15, 0.2) is 21.7 Å². The quantitative estimate of drug-likeness (QED) is 0.752. The van der Waals surface area contributed by atoms with Gasteiger partial charge in [0.15, 0.2) is 5.65 Å². The van der Waals surface area contributed by atoms with Gasteiger partial charge in [-0.05, 0) is 19.8 Å². The Morgan fingerprint density at radius 2 is 2.00 bits per heavy atom. The maximum Gasteiger partial charge on any atom is 0.332 e. The largest absolute Gasteiger partial charge is 0.336 e. The number of aromatic amines is 1. The minimum Gasteiger partial charge on any atom is -0.336 e. The summed E-state index contributed by atoms with van der Waals surface area (Å²) < 4.78 is 28.8. The second-order valence-electron chi connectivity index (χ2n) is 6.94. The van der Waals surface area contributed by atoms with Crippen molar-refractivity contribution in [2.45, 2.75) is 25.7 Å². The van der Waals surface area contributed by atoms with Crippen molar-refractivity contribution >= 4 is 21.2 Å². The second kappa shape index (κ2) is 6.51. The maximum atomic E-state index is 12.5. The molecule has 142 valence electrons. The van der Waals surface area contributed by atoms with Crippen molar-refractivity contribution in [2.24, 2.45) is 14.1 Å². The predicted molar refractivity (Wildman–Crippen MR) is 98.7 cm³/mol. The van der Waals surface area contributed by atoms with Gasteiger partial charge in [0.1, 0.15) is 11.3 Å². The lowest BCUT2D eigenvalue weighted by atomic mass is 9.99. The summed E-state index contributed by atoms with van der Waals surface area (Å²) in [7, 11) is -0.444. The number of rotatable bonds is 4. The zero-order chi connectivity index (χ0) is 19.2. The number of imidazole rings is 1. The van der Waals surface area contributed by atoms with Crippen LogP contribution in [0.2, 0.25) is 0 Å². The average Bonchev–Trinajstić information content (AvgIpc) is 3.03. The highest BCUT2D eigenvalue weighted by Crippen LogP contribution is 2.27. The van der Waals surface area contributed by atoms with Crippen molar-refractivity contribution in [3.05, 3.63) is 38.8 Å². The average molecular weight is 381 g/mol. The molecule has 3 heterocycles. The molecule has 3 rings (SSSR count). The third-order valence-corrected chi connectivity index (χ3v) is 6.68. The molecule has 1 saturated heterocycles. The number of sulfonamides is 1. The maximum absolute atomic E-state index is 12.5. The van der Waals surface area contributed by atoms with Crippen molar-refractivity contribution in [3.8, 4) is 0 Å². The van der Waals surface area contributed by atoms with Crippen LogP contribution in [0.4, 0.5) is 0 Å². The molecule has 1 aliphatic heterocycles. The van der Waals surface area contributed by atoms with Crippen LogP contribution in [0.25, 0.3) is 11.2 Å². The number of hydrogen-bond donors (Lipinski definition) is 1. The van der Waals surface area contributed by atoms with Crippen molar-refractivity contribution in [1.29, 1.82) is 0 Å². The number of H-pyrrole nitrogens is 1. The van der Waals surface area contributed by atoms with Crippen LogP contribution in [0.5, 0.6) is 0 Å². The van der Waals surface area contributed by atoms with E-state index in [-0.39, 0.29) is 22.8 Å². The van der Waals surface area contributed by atoms with E-state index in [0.717, 1.165) is 11.0 Å². The molecule has 0 aromatic carbocycles. The number of nitrogens with one attached hydrogen (secondary N) is 1. The molecule has 0 spiro atoms. The predicted octanol–water partition coefficient (Wildman–Crippen LogP) is 0.0456. The Bertz CT molecular complexity index is 1090. The van der Waals surface area contributed by atoms with Crippen LogP contribution in [0.1, 0.15) is 31.5 Å². The summed E-state index contributed by atoms with van der Waals surface area (Å²) in [6.45, 7) is 6.13. The number of aromatic nitrogens is 4. The van der Waals surface area contributed by atoms with Crippen LogP contribution in [0.3, 0.4) is 0 Å². The Morgan fingerprint density at radius 3 is 2.65 bits per heavy atom. The molecule has 1 aliphatic rings. The van der Waals surface area contributed by atoms with E-state index in [9.17, 15) is 18.0 Å². The molecule has 9 nitrogen and oxygen atoms in total. The Hall–Kier alpha value is -2.20. The van der Waals surface area contributed by atoms with Gasteiger partial charge in [0.25, 0.3) is 5.56 Å². The van der Waals surface area contributed by atoms with Crippen LogP contribution >= 0.6 is 0 Å². The molecule has 26 heavy (non-hydrogen) atoms. The first-order valence-electron chi connectivity index (χ1n) is 8.39. The van der Waals surface area contributed by atoms with Gasteiger partial charge in [-0.2, -0.15) is 0 Å². The number of fused-ring (bicyclic) bond motifs is 1. The van der Waals surface area contributed by atoms with Crippen molar-refractivity contribution < 1.29 is 8.42 Å². The minimum atomic E-state index is -3.41. The first kappa shape index (κ1) is 18.6. The molecule has 1 N–H and O–H groups in total. The fourth-order valence-corrected chi connectivity index (χ4v) is 4.98. The summed E-state index contributed by atoms with van der Waals surface area (Å²) in [5.41, 5.74) is 0.246. The monoisotopic (exact) mass is 381 g/mol. The lowest BCUT2D eigenvalue weighted by molar-refractivity contribution is 0.311. The third kappa shape index (κ3) is 3.14. The van der Waals surface area contributed by atoms with Crippen molar-refractivity contribution in [1.82, 2.24) is 23.4 Å². The fraction of sp³-hybridized carbons (Fsp3) is 0.562. The second-order valence-corrected chi connectivity index (χ2v) is 8.91. The summed E-state index contributed by atoms with van der Waals surface area (Å²) in [5, 5.41) is 0. The molecule has 10 heteroatoms. The smallest absolute Gasteiger partial charge is 0.332 e. The first-order valence-corrected chi connectivity index (χ1v) is 10.0. The summed E-state index contributed by atoms with van der Waals surface area (Å²) in [6.07, 6.45) is 1.46. The SMILES string of the molecule is C=C(C)CS(=O)(=O)N1CCCC(c2nc3c([nH]2)c(=O)n(C)c(=O)n3C)C1. The Balaban J connectivity index is 1.98. The summed E-state index contributed by atoms with van der Waals surface area (Å²) in [4.78, 5) is 31.8. The van der Waals surface area contributed by atoms with Gasteiger partial charge in [0, 0.05) is 33.1 Å². The van der Waals surface area contributed by atoms with Crippen molar-refractivity contribution in [2.75, 3.05) is 18.8 Å². The number of hydrogen-bond acceptors (Lipinski definition) is 5. The van der Waals surface area contributed by atoms with Crippen LogP contribution in [0, 0.1) is 0 Å². The third-order valence-electron chi connectivity index (χ3n) is 4.71. The lowest BCUT2D eigenvalue weighted by Gasteiger charge is -2.31. The normalized spacial score (nSPS) is 19.1. The highest BCUT2D eigenvalue weighted by molar-refractivity contribution is 7.89. The van der Waals surface area contributed by atoms with Crippen molar-refractivity contribution in [3.63, 3.8) is 0 Å². The molecule has 0 amide bonds. The standard InChI is InChI=1S/C16H23N5O4S/c1-10(2)9-26(24,25)21-7-5-6-11(8-21)13-17-12-14(18-13)19(3)16(23)20(4)15(12)22/h11H,1,5-9H2,2-4H3,(H,17,18). The number of piperidine rings is 1. The molecule has 1 fully saturated rings. The van der Waals surface area contributed by atoms with Crippen LogP contribution in [-0.2, 0) is 24.1 Å². The van der Waals surface area contributed by atoms with E-state index in [1.165, 1.54) is 15.9 Å². The Kier molecular flexibility index (Phi) is 4.65. The molecule has 2 aromatic heterocycles. The van der Waals surface area contributed by atoms with E-state index in [0.29, 0.717) is 30.9 Å². The van der Waals surface area contributed by atoms with Gasteiger partial charge in [-0.25, -0.2) is 22.5 Å². The molecule has 0 aliphatic carbocycles. The lowest BCUT2D eigenvalue weighted by Crippen LogP contribution is -2.40. The van der Waals surface area contributed by atoms with Gasteiger partial charge >= 0.3 is 5.69 Å². The zero-order valence-electron chi connectivity index (χ0n) is 15.2. The summed E-state index contributed by atoms with van der Waals surface area (Å²) in [5.74, 6) is 0.305. The summed E-state index contributed by atoms with van der Waals surface area (Å²) >= 11 is 0. The van der Waals surface area contributed by atoms with Gasteiger partial charge in [-0.1, -0.05) is 12.2 Å². The van der Waals surface area contributed by atoms with Gasteiger partial charge in [0.2, 0.25) is 10.0 Å².